The van der Waals surface area contributed by atoms with Gasteiger partial charge in [0.2, 0.25) is 0 Å². The average molecular weight is 171 g/mol. The van der Waals surface area contributed by atoms with Crippen LogP contribution in [0.15, 0.2) is 12.7 Å². The molecule has 0 aromatic heterocycles. The lowest BCUT2D eigenvalue weighted by atomic mass is 10.8. The summed E-state index contributed by atoms with van der Waals surface area (Å²) < 4.78 is 0. The first-order valence-corrected chi connectivity index (χ1v) is 3.20. The minimum atomic E-state index is -0.980. The van der Waals surface area contributed by atoms with Crippen molar-refractivity contribution in [3.8, 4) is 0 Å². The second-order valence-corrected chi connectivity index (χ2v) is 1.55. The van der Waals surface area contributed by atoms with E-state index >= 15 is 0 Å². The molecule has 0 aromatic carbocycles. The van der Waals surface area contributed by atoms with E-state index in [0.717, 1.165) is 0 Å². The summed E-state index contributed by atoms with van der Waals surface area (Å²) in [5, 5.41) is 7.59. The monoisotopic (exact) mass is 170 g/mol. The second kappa shape index (κ2) is 10.7. The highest BCUT2D eigenvalue weighted by atomic mass is 35.5. The van der Waals surface area contributed by atoms with Gasteiger partial charge >= 0.3 is 5.97 Å². The molecular weight excluding hydrogens is 163 g/mol. The molecule has 0 aromatic rings. The van der Waals surface area contributed by atoms with Gasteiger partial charge in [0.25, 0.3) is 0 Å². The zero-order valence-corrected chi connectivity index (χ0v) is 6.32. The van der Waals surface area contributed by atoms with Gasteiger partial charge in [0.05, 0.1) is 0 Å². The molecule has 54 valence electrons. The van der Waals surface area contributed by atoms with Crippen LogP contribution < -0.4 is 0 Å². The highest BCUT2D eigenvalue weighted by Crippen LogP contribution is 1.68. The number of alkyl halides is 2. The highest BCUT2D eigenvalue weighted by molar-refractivity contribution is 6.26. The topological polar surface area (TPSA) is 37.3 Å². The first-order chi connectivity index (χ1) is 4.18. The Morgan fingerprint density at radius 2 is 1.89 bits per heavy atom. The van der Waals surface area contributed by atoms with Gasteiger partial charge in [0.1, 0.15) is 5.88 Å². The molecule has 9 heavy (non-hydrogen) atoms. The van der Waals surface area contributed by atoms with Gasteiger partial charge in [-0.05, 0) is 0 Å². The standard InChI is InChI=1S/C3H5Cl.C2H3ClO2/c1-2-3-4;3-1-2(4)5/h2H,1,3H2;1H2,(H,4,5). The maximum absolute atomic E-state index is 9.24. The van der Waals surface area contributed by atoms with Gasteiger partial charge < -0.3 is 5.11 Å². The fourth-order valence-corrected chi connectivity index (χ4v) is 0. The van der Waals surface area contributed by atoms with Crippen molar-refractivity contribution in [1.29, 1.82) is 0 Å². The van der Waals surface area contributed by atoms with Crippen molar-refractivity contribution in [3.05, 3.63) is 12.7 Å². The molecule has 2 nitrogen and oxygen atoms in total. The Labute approximate surface area is 64.1 Å². The van der Waals surface area contributed by atoms with Crippen LogP contribution in [-0.4, -0.2) is 22.8 Å². The lowest BCUT2D eigenvalue weighted by Crippen LogP contribution is -1.92. The number of halogens is 2. The van der Waals surface area contributed by atoms with Gasteiger partial charge in [-0.25, -0.2) is 0 Å². The molecule has 0 rings (SSSR count). The molecule has 0 atom stereocenters. The zero-order chi connectivity index (χ0) is 7.70. The summed E-state index contributed by atoms with van der Waals surface area (Å²) in [6.45, 7) is 3.35. The van der Waals surface area contributed by atoms with E-state index in [2.05, 4.69) is 6.58 Å². The molecule has 0 unspecified atom stereocenters. The van der Waals surface area contributed by atoms with E-state index in [-0.39, 0.29) is 5.88 Å². The van der Waals surface area contributed by atoms with Crippen LogP contribution in [0.4, 0.5) is 0 Å². The third kappa shape index (κ3) is 33.5. The number of hydrogen-bond acceptors (Lipinski definition) is 1. The van der Waals surface area contributed by atoms with Gasteiger partial charge in [-0.15, -0.1) is 29.8 Å². The van der Waals surface area contributed by atoms with Crippen LogP contribution in [0.2, 0.25) is 0 Å². The Hall–Kier alpha value is -0.210. The molecule has 0 radical (unpaired) electrons. The first-order valence-electron chi connectivity index (χ1n) is 2.13. The third-order valence-electron chi connectivity index (χ3n) is 0.223. The quantitative estimate of drug-likeness (QED) is 0.507. The number of carboxylic acids is 1. The number of allylic oxidation sites excluding steroid dienone is 1. The highest BCUT2D eigenvalue weighted by Gasteiger charge is 1.83. The Kier molecular flexibility index (Phi) is 13.8. The van der Waals surface area contributed by atoms with E-state index in [1.165, 1.54) is 0 Å². The predicted octanol–water partition coefficient (Wildman–Crippen LogP) is 1.72. The molecule has 0 spiro atoms. The first kappa shape index (κ1) is 11.6. The van der Waals surface area contributed by atoms with Crippen molar-refractivity contribution >= 4 is 29.2 Å². The van der Waals surface area contributed by atoms with E-state index < -0.39 is 5.97 Å². The maximum Gasteiger partial charge on any atom is 0.318 e. The molecule has 0 aliphatic carbocycles. The van der Waals surface area contributed by atoms with E-state index in [1.54, 1.807) is 6.08 Å². The van der Waals surface area contributed by atoms with Crippen LogP contribution >= 0.6 is 23.2 Å². The lowest BCUT2D eigenvalue weighted by Gasteiger charge is -1.69. The zero-order valence-electron chi connectivity index (χ0n) is 4.81. The predicted molar refractivity (Wildman–Crippen MR) is 39.3 cm³/mol. The van der Waals surface area contributed by atoms with Crippen molar-refractivity contribution in [2.24, 2.45) is 0 Å². The molecule has 0 heterocycles. The molecular formula is C5H8Cl2O2. The Balaban J connectivity index is 0. The SMILES string of the molecule is C=CCCl.O=C(O)CCl. The second-order valence-electron chi connectivity index (χ2n) is 0.970. The van der Waals surface area contributed by atoms with E-state index in [4.69, 9.17) is 28.3 Å². The van der Waals surface area contributed by atoms with Crippen molar-refractivity contribution in [3.63, 3.8) is 0 Å². The van der Waals surface area contributed by atoms with Crippen LogP contribution in [0, 0.1) is 0 Å². The summed E-state index contributed by atoms with van der Waals surface area (Å²) in [5.41, 5.74) is 0. The van der Waals surface area contributed by atoms with Crippen LogP contribution in [0.1, 0.15) is 0 Å². The molecule has 0 aliphatic heterocycles. The van der Waals surface area contributed by atoms with Crippen LogP contribution in [-0.2, 0) is 4.79 Å². The van der Waals surface area contributed by atoms with Gasteiger partial charge in [-0.2, -0.15) is 0 Å². The molecule has 0 fully saturated rings. The Morgan fingerprint density at radius 1 is 1.67 bits per heavy atom. The van der Waals surface area contributed by atoms with E-state index in [1.807, 2.05) is 0 Å². The van der Waals surface area contributed by atoms with Crippen LogP contribution in [0.3, 0.4) is 0 Å². The molecule has 0 bridgehead atoms. The third-order valence-corrected chi connectivity index (χ3v) is 0.670. The van der Waals surface area contributed by atoms with Gasteiger partial charge in [0.15, 0.2) is 0 Å². The number of aliphatic carboxylic acids is 1. The molecule has 0 amide bonds. The number of rotatable bonds is 2. The number of carboxylic acid groups (broad SMARTS) is 1. The fourth-order valence-electron chi connectivity index (χ4n) is 0. The Morgan fingerprint density at radius 3 is 1.89 bits per heavy atom. The summed E-state index contributed by atoms with van der Waals surface area (Å²) in [5.74, 6) is -0.730. The number of carbonyl (C=O) groups is 1. The molecule has 0 aliphatic rings. The van der Waals surface area contributed by atoms with Crippen molar-refractivity contribution in [2.75, 3.05) is 11.8 Å². The van der Waals surface area contributed by atoms with E-state index in [0.29, 0.717) is 5.88 Å². The molecule has 1 N–H and O–H groups in total. The van der Waals surface area contributed by atoms with Crippen molar-refractivity contribution < 1.29 is 9.90 Å². The summed E-state index contributed by atoms with van der Waals surface area (Å²) >= 11 is 9.80. The van der Waals surface area contributed by atoms with Crippen molar-refractivity contribution in [1.82, 2.24) is 0 Å². The van der Waals surface area contributed by atoms with Gasteiger partial charge in [0, 0.05) is 5.88 Å². The summed E-state index contributed by atoms with van der Waals surface area (Å²) in [6.07, 6.45) is 1.64. The largest absolute Gasteiger partial charge is 0.480 e. The Bertz CT molecular complexity index is 83.0. The number of hydrogen-bond donors (Lipinski definition) is 1. The minimum absolute atomic E-state index is 0.306. The summed E-state index contributed by atoms with van der Waals surface area (Å²) in [4.78, 5) is 9.24. The van der Waals surface area contributed by atoms with Gasteiger partial charge in [-0.3, -0.25) is 4.79 Å². The summed E-state index contributed by atoms with van der Waals surface area (Å²) in [7, 11) is 0. The normalized spacial score (nSPS) is 6.89. The molecule has 4 heteroatoms. The molecule has 0 saturated heterocycles. The smallest absolute Gasteiger partial charge is 0.318 e. The van der Waals surface area contributed by atoms with Crippen LogP contribution in [0.25, 0.3) is 0 Å². The fraction of sp³-hybridized carbons (Fsp3) is 0.400. The lowest BCUT2D eigenvalue weighted by molar-refractivity contribution is -0.134. The molecule has 0 saturated carbocycles. The van der Waals surface area contributed by atoms with E-state index in [9.17, 15) is 4.79 Å². The average Bonchev–Trinajstić information content (AvgIpc) is 1.89. The van der Waals surface area contributed by atoms with Crippen LogP contribution in [0.5, 0.6) is 0 Å². The summed E-state index contributed by atoms with van der Waals surface area (Å²) in [6, 6.07) is 0. The minimum Gasteiger partial charge on any atom is -0.480 e. The van der Waals surface area contributed by atoms with Crippen molar-refractivity contribution in [2.45, 2.75) is 0 Å². The maximum atomic E-state index is 9.24. The van der Waals surface area contributed by atoms with Gasteiger partial charge in [-0.1, -0.05) is 6.08 Å².